The molecular weight excluding hydrogens is 380 g/mol. The molecule has 2 fully saturated rings. The number of nitrogens with zero attached hydrogens (tertiary/aromatic N) is 3. The van der Waals surface area contributed by atoms with E-state index in [4.69, 9.17) is 14.5 Å². The highest BCUT2D eigenvalue weighted by Gasteiger charge is 2.30. The predicted octanol–water partition coefficient (Wildman–Crippen LogP) is 2.30. The van der Waals surface area contributed by atoms with Gasteiger partial charge in [-0.3, -0.25) is 4.79 Å². The van der Waals surface area contributed by atoms with Crippen molar-refractivity contribution in [1.29, 1.82) is 0 Å². The molecule has 1 atom stereocenters. The van der Waals surface area contributed by atoms with Gasteiger partial charge in [0.1, 0.15) is 11.9 Å². The van der Waals surface area contributed by atoms with Gasteiger partial charge < -0.3 is 24.6 Å². The van der Waals surface area contributed by atoms with E-state index in [2.05, 4.69) is 30.1 Å². The van der Waals surface area contributed by atoms with Gasteiger partial charge in [-0.25, -0.2) is 4.99 Å². The third-order valence-electron chi connectivity index (χ3n) is 5.63. The number of hydrogen-bond acceptors (Lipinski definition) is 4. The monoisotopic (exact) mass is 416 g/mol. The summed E-state index contributed by atoms with van der Waals surface area (Å²) in [5.41, 5.74) is 1.19. The molecule has 7 nitrogen and oxygen atoms in total. The summed E-state index contributed by atoms with van der Waals surface area (Å²) >= 11 is 0. The van der Waals surface area contributed by atoms with Crippen molar-refractivity contribution in [3.05, 3.63) is 29.8 Å². The van der Waals surface area contributed by atoms with Crippen molar-refractivity contribution in [3.63, 3.8) is 0 Å². The Labute approximate surface area is 180 Å². The molecule has 2 aliphatic heterocycles. The molecule has 1 N–H and O–H groups in total. The van der Waals surface area contributed by atoms with Gasteiger partial charge >= 0.3 is 0 Å². The van der Waals surface area contributed by atoms with Crippen LogP contribution >= 0.6 is 0 Å². The third kappa shape index (κ3) is 6.36. The Morgan fingerprint density at radius 2 is 1.97 bits per heavy atom. The van der Waals surface area contributed by atoms with E-state index in [9.17, 15) is 4.79 Å². The number of aryl methyl sites for hydroxylation is 1. The summed E-state index contributed by atoms with van der Waals surface area (Å²) in [6.45, 7) is 12.0. The zero-order chi connectivity index (χ0) is 21.3. The molecule has 1 aromatic carbocycles. The Hall–Kier alpha value is -2.28. The summed E-state index contributed by atoms with van der Waals surface area (Å²) in [6.07, 6.45) is 1.73. The third-order valence-corrected chi connectivity index (χ3v) is 5.63. The van der Waals surface area contributed by atoms with Crippen LogP contribution in [0.3, 0.4) is 0 Å². The molecular formula is C23H36N4O3. The number of ether oxygens (including phenoxy) is 2. The van der Waals surface area contributed by atoms with Crippen molar-refractivity contribution in [2.75, 3.05) is 52.5 Å². The minimum Gasteiger partial charge on any atom is -0.489 e. The fourth-order valence-electron chi connectivity index (χ4n) is 3.98. The first kappa shape index (κ1) is 22.4. The van der Waals surface area contributed by atoms with Crippen LogP contribution in [-0.2, 0) is 9.53 Å². The van der Waals surface area contributed by atoms with Crippen molar-refractivity contribution in [2.24, 2.45) is 10.9 Å². The molecule has 2 saturated heterocycles. The summed E-state index contributed by atoms with van der Waals surface area (Å²) < 4.78 is 11.4. The fraction of sp³-hybridized carbons (Fsp3) is 0.652. The maximum Gasteiger partial charge on any atom is 0.225 e. The number of likely N-dealkylation sites (tertiary alicyclic amines) is 1. The summed E-state index contributed by atoms with van der Waals surface area (Å²) in [5.74, 6) is 2.20. The average molecular weight is 417 g/mol. The highest BCUT2D eigenvalue weighted by Crippen LogP contribution is 2.21. The van der Waals surface area contributed by atoms with Crippen LogP contribution < -0.4 is 10.1 Å². The van der Waals surface area contributed by atoms with Crippen molar-refractivity contribution >= 4 is 11.9 Å². The lowest BCUT2D eigenvalue weighted by Gasteiger charge is -2.36. The van der Waals surface area contributed by atoms with Gasteiger partial charge in [-0.1, -0.05) is 12.1 Å². The lowest BCUT2D eigenvalue weighted by Crippen LogP contribution is -2.50. The van der Waals surface area contributed by atoms with Crippen LogP contribution in [0.2, 0.25) is 0 Å². The minimum atomic E-state index is -0.0131. The van der Waals surface area contributed by atoms with E-state index in [1.807, 2.05) is 30.0 Å². The van der Waals surface area contributed by atoms with E-state index in [-0.39, 0.29) is 12.0 Å². The van der Waals surface area contributed by atoms with E-state index in [0.717, 1.165) is 57.3 Å². The maximum absolute atomic E-state index is 12.8. The van der Waals surface area contributed by atoms with E-state index >= 15 is 0 Å². The molecule has 0 aromatic heterocycles. The number of carbonyl (C=O) groups is 1. The highest BCUT2D eigenvalue weighted by molar-refractivity contribution is 5.82. The first-order chi connectivity index (χ1) is 14.6. The molecule has 0 radical (unpaired) electrons. The van der Waals surface area contributed by atoms with Crippen LogP contribution in [0.5, 0.6) is 5.75 Å². The zero-order valence-electron chi connectivity index (χ0n) is 18.6. The van der Waals surface area contributed by atoms with Crippen LogP contribution in [-0.4, -0.2) is 80.3 Å². The smallest absolute Gasteiger partial charge is 0.225 e. The lowest BCUT2D eigenvalue weighted by molar-refractivity contribution is -0.140. The topological polar surface area (TPSA) is 66.4 Å². The predicted molar refractivity (Wildman–Crippen MR) is 119 cm³/mol. The molecule has 0 bridgehead atoms. The van der Waals surface area contributed by atoms with Gasteiger partial charge in [0.15, 0.2) is 5.96 Å². The van der Waals surface area contributed by atoms with Gasteiger partial charge in [0.2, 0.25) is 5.91 Å². The molecule has 1 unspecified atom stereocenters. The minimum absolute atomic E-state index is 0.0131. The lowest BCUT2D eigenvalue weighted by atomic mass is 9.95. The Morgan fingerprint density at radius 1 is 1.23 bits per heavy atom. The maximum atomic E-state index is 12.8. The number of carbonyl (C=O) groups excluding carboxylic acids is 1. The molecule has 1 amide bonds. The van der Waals surface area contributed by atoms with Gasteiger partial charge in [-0.05, 0) is 51.3 Å². The number of nitrogens with one attached hydrogen (secondary N) is 1. The number of hydrogen-bond donors (Lipinski definition) is 1. The SMILES string of the molecule is CCNC(=NCC(C)Oc1cccc(C)c1)N1CCC(C(=O)N2CCOCC2)CC1. The van der Waals surface area contributed by atoms with Gasteiger partial charge in [-0.2, -0.15) is 0 Å². The summed E-state index contributed by atoms with van der Waals surface area (Å²) in [4.78, 5) is 21.8. The summed E-state index contributed by atoms with van der Waals surface area (Å²) in [7, 11) is 0. The highest BCUT2D eigenvalue weighted by atomic mass is 16.5. The Balaban J connectivity index is 1.51. The van der Waals surface area contributed by atoms with Crippen molar-refractivity contribution in [1.82, 2.24) is 15.1 Å². The number of guanidine groups is 1. The second-order valence-corrected chi connectivity index (χ2v) is 8.14. The second kappa shape index (κ2) is 11.2. The van der Waals surface area contributed by atoms with Crippen molar-refractivity contribution in [3.8, 4) is 5.75 Å². The second-order valence-electron chi connectivity index (χ2n) is 8.14. The van der Waals surface area contributed by atoms with Gasteiger partial charge in [-0.15, -0.1) is 0 Å². The molecule has 7 heteroatoms. The zero-order valence-corrected chi connectivity index (χ0v) is 18.6. The number of morpholine rings is 1. The van der Waals surface area contributed by atoms with Gasteiger partial charge in [0.25, 0.3) is 0 Å². The molecule has 0 aliphatic carbocycles. The number of aliphatic imine (C=N–C) groups is 1. The molecule has 2 heterocycles. The first-order valence-corrected chi connectivity index (χ1v) is 11.2. The number of amides is 1. The number of rotatable bonds is 6. The van der Waals surface area contributed by atoms with Crippen LogP contribution in [0.1, 0.15) is 32.3 Å². The van der Waals surface area contributed by atoms with Gasteiger partial charge in [0.05, 0.1) is 19.8 Å². The van der Waals surface area contributed by atoms with Crippen LogP contribution in [0.4, 0.5) is 0 Å². The molecule has 2 aliphatic rings. The van der Waals surface area contributed by atoms with Crippen molar-refractivity contribution in [2.45, 2.75) is 39.7 Å². The summed E-state index contributed by atoms with van der Waals surface area (Å²) in [6, 6.07) is 8.09. The van der Waals surface area contributed by atoms with E-state index in [1.54, 1.807) is 0 Å². The number of benzene rings is 1. The Kier molecular flexibility index (Phi) is 8.37. The van der Waals surface area contributed by atoms with Crippen LogP contribution in [0.15, 0.2) is 29.3 Å². The van der Waals surface area contributed by atoms with Crippen LogP contribution in [0.25, 0.3) is 0 Å². The van der Waals surface area contributed by atoms with E-state index < -0.39 is 0 Å². The Bertz CT molecular complexity index is 710. The molecule has 3 rings (SSSR count). The van der Waals surface area contributed by atoms with Gasteiger partial charge in [0, 0.05) is 38.6 Å². The molecule has 30 heavy (non-hydrogen) atoms. The molecule has 0 saturated carbocycles. The van der Waals surface area contributed by atoms with Crippen LogP contribution in [0, 0.1) is 12.8 Å². The summed E-state index contributed by atoms with van der Waals surface area (Å²) in [5, 5.41) is 3.40. The Morgan fingerprint density at radius 3 is 2.63 bits per heavy atom. The first-order valence-electron chi connectivity index (χ1n) is 11.2. The normalized spacial score (nSPS) is 19.5. The fourth-order valence-corrected chi connectivity index (χ4v) is 3.98. The van der Waals surface area contributed by atoms with E-state index in [0.29, 0.717) is 25.7 Å². The largest absolute Gasteiger partial charge is 0.489 e. The average Bonchev–Trinajstić information content (AvgIpc) is 2.77. The molecule has 0 spiro atoms. The van der Waals surface area contributed by atoms with E-state index in [1.165, 1.54) is 5.56 Å². The number of piperidine rings is 1. The standard InChI is InChI=1S/C23H36N4O3/c1-4-24-23(25-17-19(3)30-21-7-5-6-18(2)16-21)27-10-8-20(9-11-27)22(28)26-12-14-29-15-13-26/h5-7,16,19-20H,4,8-15,17H2,1-3H3,(H,24,25). The van der Waals surface area contributed by atoms with Crippen molar-refractivity contribution < 1.29 is 14.3 Å². The quantitative estimate of drug-likeness (QED) is 0.569. The molecule has 166 valence electrons. The molecule has 1 aromatic rings.